The lowest BCUT2D eigenvalue weighted by Crippen LogP contribution is -2.40. The van der Waals surface area contributed by atoms with Crippen LogP contribution in [0.25, 0.3) is 0 Å². The predicted molar refractivity (Wildman–Crippen MR) is 112 cm³/mol. The highest BCUT2D eigenvalue weighted by molar-refractivity contribution is 14.0. The second-order valence-electron chi connectivity index (χ2n) is 6.05. The molecule has 0 bridgehead atoms. The Morgan fingerprint density at radius 1 is 1.25 bits per heavy atom. The molecular weight excluding hydrogens is 413 g/mol. The lowest BCUT2D eigenvalue weighted by atomic mass is 10.1. The molecule has 4 nitrogen and oxygen atoms in total. The van der Waals surface area contributed by atoms with Gasteiger partial charge in [-0.05, 0) is 37.8 Å². The van der Waals surface area contributed by atoms with Gasteiger partial charge in [0.2, 0.25) is 0 Å². The SMILES string of the molecule is CCNC(=NCc1ccccc1CC)N1CCC(COCC)C1.I. The van der Waals surface area contributed by atoms with Crippen molar-refractivity contribution >= 4 is 29.9 Å². The number of likely N-dealkylation sites (tertiary alicyclic amines) is 1. The summed E-state index contributed by atoms with van der Waals surface area (Å²) in [6.07, 6.45) is 2.25. The van der Waals surface area contributed by atoms with Crippen molar-refractivity contribution in [3.05, 3.63) is 35.4 Å². The maximum atomic E-state index is 5.58. The minimum atomic E-state index is 0. The molecule has 0 amide bonds. The van der Waals surface area contributed by atoms with E-state index in [1.54, 1.807) is 0 Å². The Balaban J connectivity index is 0.00000288. The fourth-order valence-electron chi connectivity index (χ4n) is 3.09. The number of guanidine groups is 1. The van der Waals surface area contributed by atoms with E-state index in [9.17, 15) is 0 Å². The van der Waals surface area contributed by atoms with Crippen LogP contribution in [-0.2, 0) is 17.7 Å². The molecule has 1 atom stereocenters. The Labute approximate surface area is 164 Å². The van der Waals surface area contributed by atoms with Gasteiger partial charge in [-0.2, -0.15) is 0 Å². The van der Waals surface area contributed by atoms with E-state index < -0.39 is 0 Å². The molecule has 1 aliphatic heterocycles. The van der Waals surface area contributed by atoms with E-state index in [2.05, 4.69) is 55.3 Å². The number of halogens is 1. The number of ether oxygens (including phenoxy) is 1. The van der Waals surface area contributed by atoms with Crippen LogP contribution < -0.4 is 5.32 Å². The molecule has 0 spiro atoms. The molecule has 5 heteroatoms. The van der Waals surface area contributed by atoms with Crippen molar-refractivity contribution in [1.29, 1.82) is 0 Å². The first-order valence-corrected chi connectivity index (χ1v) is 8.96. The average Bonchev–Trinajstić information content (AvgIpc) is 3.05. The van der Waals surface area contributed by atoms with Crippen LogP contribution in [0.3, 0.4) is 0 Å². The normalized spacial score (nSPS) is 17.7. The van der Waals surface area contributed by atoms with Crippen molar-refractivity contribution in [2.24, 2.45) is 10.9 Å². The molecule has 1 fully saturated rings. The van der Waals surface area contributed by atoms with E-state index in [1.165, 1.54) is 17.5 Å². The summed E-state index contributed by atoms with van der Waals surface area (Å²) in [5, 5.41) is 3.44. The topological polar surface area (TPSA) is 36.9 Å². The van der Waals surface area contributed by atoms with Gasteiger partial charge in [-0.3, -0.25) is 0 Å². The molecule has 0 aliphatic carbocycles. The minimum Gasteiger partial charge on any atom is -0.381 e. The molecular formula is C19H32IN3O. The Hall–Kier alpha value is -0.820. The fraction of sp³-hybridized carbons (Fsp3) is 0.632. The summed E-state index contributed by atoms with van der Waals surface area (Å²) in [5.41, 5.74) is 2.72. The number of rotatable bonds is 7. The summed E-state index contributed by atoms with van der Waals surface area (Å²) in [5.74, 6) is 1.67. The Bertz CT molecular complexity index is 507. The first kappa shape index (κ1) is 21.2. The van der Waals surface area contributed by atoms with Gasteiger partial charge in [-0.15, -0.1) is 24.0 Å². The lowest BCUT2D eigenvalue weighted by molar-refractivity contribution is 0.114. The molecule has 24 heavy (non-hydrogen) atoms. The summed E-state index contributed by atoms with van der Waals surface area (Å²) >= 11 is 0. The van der Waals surface area contributed by atoms with E-state index in [4.69, 9.17) is 9.73 Å². The molecule has 0 radical (unpaired) electrons. The summed E-state index contributed by atoms with van der Waals surface area (Å²) in [6.45, 7) is 11.8. The number of hydrogen-bond donors (Lipinski definition) is 1. The molecule has 1 aromatic carbocycles. The van der Waals surface area contributed by atoms with E-state index >= 15 is 0 Å². The molecule has 1 unspecified atom stereocenters. The van der Waals surface area contributed by atoms with E-state index in [0.29, 0.717) is 5.92 Å². The Morgan fingerprint density at radius 2 is 2.00 bits per heavy atom. The van der Waals surface area contributed by atoms with E-state index in [1.807, 2.05) is 0 Å². The predicted octanol–water partition coefficient (Wildman–Crippen LogP) is 3.69. The van der Waals surface area contributed by atoms with Gasteiger partial charge in [0.1, 0.15) is 0 Å². The summed E-state index contributed by atoms with van der Waals surface area (Å²) < 4.78 is 5.58. The van der Waals surface area contributed by atoms with Gasteiger partial charge < -0.3 is 15.0 Å². The van der Waals surface area contributed by atoms with Crippen molar-refractivity contribution in [2.75, 3.05) is 32.8 Å². The van der Waals surface area contributed by atoms with Crippen molar-refractivity contribution < 1.29 is 4.74 Å². The zero-order valence-electron chi connectivity index (χ0n) is 15.3. The monoisotopic (exact) mass is 445 g/mol. The van der Waals surface area contributed by atoms with Crippen LogP contribution in [-0.4, -0.2) is 43.7 Å². The van der Waals surface area contributed by atoms with Crippen molar-refractivity contribution in [2.45, 2.75) is 40.2 Å². The molecule has 0 aromatic heterocycles. The number of aryl methyl sites for hydroxylation is 1. The summed E-state index contributed by atoms with van der Waals surface area (Å²) in [6, 6.07) is 8.60. The van der Waals surface area contributed by atoms with Crippen molar-refractivity contribution in [3.8, 4) is 0 Å². The maximum absolute atomic E-state index is 5.58. The number of aliphatic imine (C=N–C) groups is 1. The highest BCUT2D eigenvalue weighted by Crippen LogP contribution is 2.17. The number of nitrogens with one attached hydrogen (secondary N) is 1. The van der Waals surface area contributed by atoms with Gasteiger partial charge >= 0.3 is 0 Å². The van der Waals surface area contributed by atoms with Gasteiger partial charge in [-0.1, -0.05) is 31.2 Å². The summed E-state index contributed by atoms with van der Waals surface area (Å²) in [4.78, 5) is 7.26. The first-order valence-electron chi connectivity index (χ1n) is 8.96. The minimum absolute atomic E-state index is 0. The average molecular weight is 445 g/mol. The van der Waals surface area contributed by atoms with Crippen LogP contribution in [0.1, 0.15) is 38.3 Å². The van der Waals surface area contributed by atoms with Gasteiger partial charge in [0.15, 0.2) is 5.96 Å². The first-order chi connectivity index (χ1) is 11.3. The quantitative estimate of drug-likeness (QED) is 0.395. The van der Waals surface area contributed by atoms with E-state index in [-0.39, 0.29) is 24.0 Å². The Kier molecular flexibility index (Phi) is 10.3. The highest BCUT2D eigenvalue weighted by Gasteiger charge is 2.24. The van der Waals surface area contributed by atoms with E-state index in [0.717, 1.165) is 51.8 Å². The standard InChI is InChI=1S/C19H31N3O.HI/c1-4-17-9-7-8-10-18(17)13-21-19(20-5-2)22-12-11-16(14-22)15-23-6-3;/h7-10,16H,4-6,11-15H2,1-3H3,(H,20,21);1H. The van der Waals surface area contributed by atoms with Crippen LogP contribution in [0.5, 0.6) is 0 Å². The van der Waals surface area contributed by atoms with Gasteiger partial charge in [0.25, 0.3) is 0 Å². The third kappa shape index (κ3) is 6.24. The molecule has 2 rings (SSSR count). The van der Waals surface area contributed by atoms with Crippen molar-refractivity contribution in [3.63, 3.8) is 0 Å². The van der Waals surface area contributed by atoms with Gasteiger partial charge in [0.05, 0.1) is 13.2 Å². The molecule has 1 aromatic rings. The number of nitrogens with zero attached hydrogens (tertiary/aromatic N) is 2. The number of hydrogen-bond acceptors (Lipinski definition) is 2. The second kappa shape index (κ2) is 11.7. The highest BCUT2D eigenvalue weighted by atomic mass is 127. The van der Waals surface area contributed by atoms with Gasteiger partial charge in [0, 0.05) is 32.2 Å². The molecule has 0 saturated carbocycles. The second-order valence-corrected chi connectivity index (χ2v) is 6.05. The molecule has 1 N–H and O–H groups in total. The zero-order valence-corrected chi connectivity index (χ0v) is 17.6. The van der Waals surface area contributed by atoms with Crippen molar-refractivity contribution in [1.82, 2.24) is 10.2 Å². The smallest absolute Gasteiger partial charge is 0.194 e. The molecule has 136 valence electrons. The van der Waals surface area contributed by atoms with Gasteiger partial charge in [-0.25, -0.2) is 4.99 Å². The van der Waals surface area contributed by atoms with Crippen LogP contribution in [0.15, 0.2) is 29.3 Å². The molecule has 1 saturated heterocycles. The van der Waals surface area contributed by atoms with Crippen LogP contribution >= 0.6 is 24.0 Å². The third-order valence-electron chi connectivity index (χ3n) is 4.38. The third-order valence-corrected chi connectivity index (χ3v) is 4.38. The number of benzene rings is 1. The van der Waals surface area contributed by atoms with Crippen LogP contribution in [0.4, 0.5) is 0 Å². The summed E-state index contributed by atoms with van der Waals surface area (Å²) in [7, 11) is 0. The fourth-order valence-corrected chi connectivity index (χ4v) is 3.09. The molecule has 1 aliphatic rings. The largest absolute Gasteiger partial charge is 0.381 e. The maximum Gasteiger partial charge on any atom is 0.194 e. The Morgan fingerprint density at radius 3 is 2.67 bits per heavy atom. The lowest BCUT2D eigenvalue weighted by Gasteiger charge is -2.22. The zero-order chi connectivity index (χ0) is 16.5. The van der Waals surface area contributed by atoms with Crippen LogP contribution in [0.2, 0.25) is 0 Å². The molecule has 1 heterocycles. The van der Waals surface area contributed by atoms with Crippen LogP contribution in [0, 0.1) is 5.92 Å².